The maximum absolute atomic E-state index is 3.75. The van der Waals surface area contributed by atoms with Gasteiger partial charge in [-0.3, -0.25) is 0 Å². The standard InChI is InChI=1S/C14H22BrNS/c1-10-3-4-11(2)13(9-10)16-8-7-12-5-6-14(15)17-12/h5-6,10-11,13,16H,3-4,7-9H2,1-2H3. The molecule has 3 atom stereocenters. The van der Waals surface area contributed by atoms with E-state index in [0.717, 1.165) is 30.8 Å². The second-order valence-electron chi connectivity index (χ2n) is 5.41. The molecule has 0 radical (unpaired) electrons. The summed E-state index contributed by atoms with van der Waals surface area (Å²) in [5.74, 6) is 1.75. The van der Waals surface area contributed by atoms with Gasteiger partial charge >= 0.3 is 0 Å². The number of hydrogen-bond acceptors (Lipinski definition) is 2. The molecule has 3 heteroatoms. The van der Waals surface area contributed by atoms with Crippen molar-refractivity contribution in [1.82, 2.24) is 5.32 Å². The minimum atomic E-state index is 0.738. The lowest BCUT2D eigenvalue weighted by atomic mass is 9.80. The molecule has 1 aromatic rings. The van der Waals surface area contributed by atoms with Crippen LogP contribution < -0.4 is 5.32 Å². The van der Waals surface area contributed by atoms with Gasteiger partial charge in [0.25, 0.3) is 0 Å². The molecule has 1 heterocycles. The third-order valence-corrected chi connectivity index (χ3v) is 5.55. The highest BCUT2D eigenvalue weighted by atomic mass is 79.9. The van der Waals surface area contributed by atoms with Crippen molar-refractivity contribution in [1.29, 1.82) is 0 Å². The summed E-state index contributed by atoms with van der Waals surface area (Å²) in [6.07, 6.45) is 5.32. The molecule has 0 saturated heterocycles. The van der Waals surface area contributed by atoms with Crippen molar-refractivity contribution in [3.8, 4) is 0 Å². The molecule has 17 heavy (non-hydrogen) atoms. The molecule has 0 bridgehead atoms. The first kappa shape index (κ1) is 13.6. The average Bonchev–Trinajstić information content (AvgIpc) is 2.69. The van der Waals surface area contributed by atoms with Gasteiger partial charge in [0.05, 0.1) is 3.79 Å². The zero-order chi connectivity index (χ0) is 12.3. The first-order chi connectivity index (χ1) is 8.15. The van der Waals surface area contributed by atoms with Crippen LogP contribution in [0.4, 0.5) is 0 Å². The van der Waals surface area contributed by atoms with Gasteiger partial charge in [0.15, 0.2) is 0 Å². The molecule has 1 aliphatic rings. The predicted octanol–water partition coefficient (Wildman–Crippen LogP) is 4.47. The molecule has 0 spiro atoms. The van der Waals surface area contributed by atoms with Crippen LogP contribution in [0.3, 0.4) is 0 Å². The molecule has 1 aromatic heterocycles. The molecule has 3 unspecified atom stereocenters. The summed E-state index contributed by atoms with van der Waals surface area (Å²) in [6, 6.07) is 5.11. The van der Waals surface area contributed by atoms with Crippen molar-refractivity contribution in [2.75, 3.05) is 6.54 Å². The first-order valence-corrected chi connectivity index (χ1v) is 8.23. The highest BCUT2D eigenvalue weighted by molar-refractivity contribution is 9.11. The Morgan fingerprint density at radius 1 is 1.35 bits per heavy atom. The predicted molar refractivity (Wildman–Crippen MR) is 79.7 cm³/mol. The molecule has 1 fully saturated rings. The summed E-state index contributed by atoms with van der Waals surface area (Å²) in [7, 11) is 0. The van der Waals surface area contributed by atoms with E-state index in [1.807, 2.05) is 11.3 Å². The van der Waals surface area contributed by atoms with Crippen molar-refractivity contribution in [3.63, 3.8) is 0 Å². The van der Waals surface area contributed by atoms with Crippen molar-refractivity contribution < 1.29 is 0 Å². The Morgan fingerprint density at radius 3 is 2.88 bits per heavy atom. The molecule has 0 aliphatic heterocycles. The largest absolute Gasteiger partial charge is 0.313 e. The van der Waals surface area contributed by atoms with Crippen LogP contribution in [-0.2, 0) is 6.42 Å². The van der Waals surface area contributed by atoms with Crippen molar-refractivity contribution in [2.45, 2.75) is 45.6 Å². The lowest BCUT2D eigenvalue weighted by Crippen LogP contribution is -2.40. The molecule has 1 saturated carbocycles. The molecule has 0 aromatic carbocycles. The van der Waals surface area contributed by atoms with Crippen LogP contribution in [-0.4, -0.2) is 12.6 Å². The molecule has 2 rings (SSSR count). The number of halogens is 1. The van der Waals surface area contributed by atoms with E-state index in [1.165, 1.54) is 27.9 Å². The summed E-state index contributed by atoms with van der Waals surface area (Å²) < 4.78 is 1.24. The second kappa shape index (κ2) is 6.35. The molecular weight excluding hydrogens is 294 g/mol. The summed E-state index contributed by atoms with van der Waals surface area (Å²) in [4.78, 5) is 1.47. The van der Waals surface area contributed by atoms with Gasteiger partial charge in [0.1, 0.15) is 0 Å². The fourth-order valence-corrected chi connectivity index (χ4v) is 4.17. The number of nitrogens with one attached hydrogen (secondary N) is 1. The van der Waals surface area contributed by atoms with Crippen LogP contribution in [0.2, 0.25) is 0 Å². The monoisotopic (exact) mass is 315 g/mol. The maximum Gasteiger partial charge on any atom is 0.0701 e. The molecule has 96 valence electrons. The van der Waals surface area contributed by atoms with Gasteiger partial charge in [0, 0.05) is 17.5 Å². The Bertz CT molecular complexity index is 350. The first-order valence-electron chi connectivity index (χ1n) is 6.62. The van der Waals surface area contributed by atoms with Gasteiger partial charge in [-0.2, -0.15) is 0 Å². The van der Waals surface area contributed by atoms with Gasteiger partial charge in [-0.05, 0) is 59.2 Å². The van der Waals surface area contributed by atoms with Gasteiger partial charge in [-0.1, -0.05) is 20.3 Å². The molecule has 1 nitrogen and oxygen atoms in total. The Hall–Kier alpha value is 0.140. The third-order valence-electron chi connectivity index (χ3n) is 3.86. The Kier molecular flexibility index (Phi) is 5.07. The minimum absolute atomic E-state index is 0.738. The van der Waals surface area contributed by atoms with Gasteiger partial charge < -0.3 is 5.32 Å². The van der Waals surface area contributed by atoms with E-state index in [2.05, 4.69) is 47.2 Å². The number of hydrogen-bond donors (Lipinski definition) is 1. The highest BCUT2D eigenvalue weighted by Crippen LogP contribution is 2.28. The maximum atomic E-state index is 3.75. The van der Waals surface area contributed by atoms with Crippen molar-refractivity contribution in [3.05, 3.63) is 20.8 Å². The van der Waals surface area contributed by atoms with Crippen LogP contribution in [0, 0.1) is 11.8 Å². The zero-order valence-corrected chi connectivity index (χ0v) is 13.1. The van der Waals surface area contributed by atoms with E-state index in [1.54, 1.807) is 0 Å². The lowest BCUT2D eigenvalue weighted by molar-refractivity contribution is 0.230. The van der Waals surface area contributed by atoms with Crippen LogP contribution in [0.15, 0.2) is 15.9 Å². The molecule has 0 amide bonds. The number of rotatable bonds is 4. The fraction of sp³-hybridized carbons (Fsp3) is 0.714. The molecular formula is C14H22BrNS. The highest BCUT2D eigenvalue weighted by Gasteiger charge is 2.24. The van der Waals surface area contributed by atoms with E-state index >= 15 is 0 Å². The second-order valence-corrected chi connectivity index (χ2v) is 7.96. The van der Waals surface area contributed by atoms with Crippen molar-refractivity contribution >= 4 is 27.3 Å². The Morgan fingerprint density at radius 2 is 2.18 bits per heavy atom. The Labute approximate surface area is 117 Å². The van der Waals surface area contributed by atoms with E-state index in [4.69, 9.17) is 0 Å². The number of thiophene rings is 1. The van der Waals surface area contributed by atoms with Gasteiger partial charge in [-0.15, -0.1) is 11.3 Å². The quantitative estimate of drug-likeness (QED) is 0.864. The van der Waals surface area contributed by atoms with Gasteiger partial charge in [0.2, 0.25) is 0 Å². The summed E-state index contributed by atoms with van der Waals surface area (Å²) in [5, 5.41) is 3.75. The average molecular weight is 316 g/mol. The van der Waals surface area contributed by atoms with E-state index in [-0.39, 0.29) is 0 Å². The van der Waals surface area contributed by atoms with Crippen LogP contribution >= 0.6 is 27.3 Å². The molecule has 1 N–H and O–H groups in total. The van der Waals surface area contributed by atoms with E-state index in [9.17, 15) is 0 Å². The lowest BCUT2D eigenvalue weighted by Gasteiger charge is -2.33. The third kappa shape index (κ3) is 4.08. The van der Waals surface area contributed by atoms with Crippen LogP contribution in [0.5, 0.6) is 0 Å². The van der Waals surface area contributed by atoms with E-state index in [0.29, 0.717) is 0 Å². The fourth-order valence-electron chi connectivity index (χ4n) is 2.68. The smallest absolute Gasteiger partial charge is 0.0701 e. The van der Waals surface area contributed by atoms with E-state index < -0.39 is 0 Å². The van der Waals surface area contributed by atoms with Crippen LogP contribution in [0.1, 0.15) is 38.0 Å². The molecule has 1 aliphatic carbocycles. The Balaban J connectivity index is 1.74. The van der Waals surface area contributed by atoms with Gasteiger partial charge in [-0.25, -0.2) is 0 Å². The SMILES string of the molecule is CC1CCC(C)C(NCCc2ccc(Br)s2)C1. The summed E-state index contributed by atoms with van der Waals surface area (Å²) in [6.45, 7) is 5.90. The minimum Gasteiger partial charge on any atom is -0.313 e. The normalized spacial score (nSPS) is 29.5. The summed E-state index contributed by atoms with van der Waals surface area (Å²) >= 11 is 5.37. The van der Waals surface area contributed by atoms with Crippen molar-refractivity contribution in [2.24, 2.45) is 11.8 Å². The summed E-state index contributed by atoms with van der Waals surface area (Å²) in [5.41, 5.74) is 0. The topological polar surface area (TPSA) is 12.0 Å². The van der Waals surface area contributed by atoms with Crippen LogP contribution in [0.25, 0.3) is 0 Å². The zero-order valence-electron chi connectivity index (χ0n) is 10.7.